The summed E-state index contributed by atoms with van der Waals surface area (Å²) in [6.45, 7) is 5.36. The van der Waals surface area contributed by atoms with Gasteiger partial charge in [-0.05, 0) is 20.8 Å². The molecule has 1 N–H and O–H groups in total. The summed E-state index contributed by atoms with van der Waals surface area (Å²) in [4.78, 5) is 23.7. The monoisotopic (exact) mass is 221 g/mol. The van der Waals surface area contributed by atoms with E-state index >= 15 is 0 Å². The van der Waals surface area contributed by atoms with Crippen LogP contribution in [-0.4, -0.2) is 28.9 Å². The molecule has 0 radical (unpaired) electrons. The Morgan fingerprint density at radius 3 is 2.81 bits per heavy atom. The van der Waals surface area contributed by atoms with Gasteiger partial charge in [-0.25, -0.2) is 0 Å². The molecule has 5 atom stereocenters. The van der Waals surface area contributed by atoms with E-state index in [-0.39, 0.29) is 29.6 Å². The normalized spacial score (nSPS) is 52.9. The topological polar surface area (TPSA) is 55.4 Å². The van der Waals surface area contributed by atoms with Crippen molar-refractivity contribution in [3.63, 3.8) is 0 Å². The molecule has 4 nitrogen and oxygen atoms in total. The highest BCUT2D eigenvalue weighted by atomic mass is 16.5. The van der Waals surface area contributed by atoms with E-state index in [1.807, 2.05) is 26.0 Å². The zero-order valence-electron chi connectivity index (χ0n) is 9.61. The molecule has 0 aromatic heterocycles. The van der Waals surface area contributed by atoms with Crippen LogP contribution in [0, 0.1) is 11.8 Å². The molecule has 0 aliphatic carbocycles. The summed E-state index contributed by atoms with van der Waals surface area (Å²) in [5, 5.41) is 2.87. The maximum Gasteiger partial charge on any atom is 0.227 e. The number of Topliss-reactive ketones (excluding diaryl/α,β-unsaturated/α-hetero) is 1. The molecular formula is C12H15NO3. The molecule has 0 unspecified atom stereocenters. The molecule has 3 aliphatic heterocycles. The smallest absolute Gasteiger partial charge is 0.227 e. The first kappa shape index (κ1) is 10.0. The summed E-state index contributed by atoms with van der Waals surface area (Å²) in [6.07, 6.45) is 3.89. The number of nitrogens with one attached hydrogen (secondary N) is 1. The Kier molecular flexibility index (Phi) is 1.61. The predicted molar refractivity (Wildman–Crippen MR) is 56.6 cm³/mol. The Morgan fingerprint density at radius 1 is 1.50 bits per heavy atom. The van der Waals surface area contributed by atoms with Crippen molar-refractivity contribution in [2.75, 3.05) is 0 Å². The van der Waals surface area contributed by atoms with Gasteiger partial charge < -0.3 is 10.1 Å². The van der Waals surface area contributed by atoms with Gasteiger partial charge in [0.2, 0.25) is 5.91 Å². The van der Waals surface area contributed by atoms with Crippen LogP contribution >= 0.6 is 0 Å². The molecule has 0 saturated carbocycles. The number of amides is 1. The zero-order chi connectivity index (χ0) is 11.7. The lowest BCUT2D eigenvalue weighted by molar-refractivity contribution is -0.131. The zero-order valence-corrected chi connectivity index (χ0v) is 9.61. The Labute approximate surface area is 94.0 Å². The van der Waals surface area contributed by atoms with Gasteiger partial charge in [0.15, 0.2) is 0 Å². The van der Waals surface area contributed by atoms with Crippen molar-refractivity contribution >= 4 is 11.7 Å². The summed E-state index contributed by atoms with van der Waals surface area (Å²) >= 11 is 0. The van der Waals surface area contributed by atoms with Crippen LogP contribution in [0.15, 0.2) is 12.2 Å². The quantitative estimate of drug-likeness (QED) is 0.653. The largest absolute Gasteiger partial charge is 0.357 e. The fraction of sp³-hybridized carbons (Fsp3) is 0.667. The van der Waals surface area contributed by atoms with Crippen LogP contribution in [0.4, 0.5) is 0 Å². The standard InChI is InChI=1S/C12H15NO3/c1-6(14)8-9-10(15)13-7(2)12(9)5-4-11(8,3)16-12/h4-5,7-9H,1-3H3,(H,13,15)/t7-,8-,9+,11-,12+/m1/s1. The van der Waals surface area contributed by atoms with Gasteiger partial charge in [-0.1, -0.05) is 12.2 Å². The van der Waals surface area contributed by atoms with Crippen LogP contribution in [0.3, 0.4) is 0 Å². The average Bonchev–Trinajstić information content (AvgIpc) is 2.72. The van der Waals surface area contributed by atoms with Crippen molar-refractivity contribution in [2.45, 2.75) is 38.0 Å². The van der Waals surface area contributed by atoms with Crippen LogP contribution in [0.2, 0.25) is 0 Å². The average molecular weight is 221 g/mol. The minimum Gasteiger partial charge on any atom is -0.357 e. The molecule has 86 valence electrons. The minimum absolute atomic E-state index is 0.0305. The molecule has 0 aromatic rings. The molecule has 2 saturated heterocycles. The van der Waals surface area contributed by atoms with E-state index in [2.05, 4.69) is 5.32 Å². The van der Waals surface area contributed by atoms with Crippen molar-refractivity contribution in [2.24, 2.45) is 11.8 Å². The summed E-state index contributed by atoms with van der Waals surface area (Å²) < 4.78 is 6.01. The highest BCUT2D eigenvalue weighted by Gasteiger charge is 2.71. The van der Waals surface area contributed by atoms with E-state index in [4.69, 9.17) is 4.74 Å². The second-order valence-corrected chi connectivity index (χ2v) is 5.27. The van der Waals surface area contributed by atoms with Gasteiger partial charge in [0.1, 0.15) is 11.4 Å². The molecule has 3 rings (SSSR count). The van der Waals surface area contributed by atoms with Gasteiger partial charge in [0.25, 0.3) is 0 Å². The number of rotatable bonds is 1. The Balaban J connectivity index is 2.16. The van der Waals surface area contributed by atoms with Crippen LogP contribution < -0.4 is 5.32 Å². The molecule has 0 aromatic carbocycles. The van der Waals surface area contributed by atoms with E-state index in [0.29, 0.717) is 0 Å². The molecule has 1 spiro atoms. The van der Waals surface area contributed by atoms with Gasteiger partial charge in [-0.3, -0.25) is 9.59 Å². The first-order valence-corrected chi connectivity index (χ1v) is 5.62. The third kappa shape index (κ3) is 0.857. The van der Waals surface area contributed by atoms with E-state index in [1.165, 1.54) is 6.92 Å². The number of fused-ring (bicyclic) bond motifs is 1. The Morgan fingerprint density at radius 2 is 2.19 bits per heavy atom. The lowest BCUT2D eigenvalue weighted by Crippen LogP contribution is -2.42. The van der Waals surface area contributed by atoms with E-state index in [0.717, 1.165) is 0 Å². The van der Waals surface area contributed by atoms with Gasteiger partial charge >= 0.3 is 0 Å². The number of hydrogen-bond acceptors (Lipinski definition) is 3. The lowest BCUT2D eigenvalue weighted by atomic mass is 9.69. The molecular weight excluding hydrogens is 206 g/mol. The summed E-state index contributed by atoms with van der Waals surface area (Å²) in [6, 6.07) is -0.0626. The number of carbonyl (C=O) groups excluding carboxylic acids is 2. The predicted octanol–water partition coefficient (Wildman–Crippen LogP) is 0.424. The van der Waals surface area contributed by atoms with E-state index in [1.54, 1.807) is 0 Å². The molecule has 3 aliphatic rings. The van der Waals surface area contributed by atoms with Gasteiger partial charge in [0, 0.05) is 0 Å². The second kappa shape index (κ2) is 2.56. The molecule has 4 heteroatoms. The fourth-order valence-corrected chi connectivity index (χ4v) is 3.58. The second-order valence-electron chi connectivity index (χ2n) is 5.27. The van der Waals surface area contributed by atoms with Gasteiger partial charge in [-0.2, -0.15) is 0 Å². The molecule has 16 heavy (non-hydrogen) atoms. The number of hydrogen-bond donors (Lipinski definition) is 1. The highest BCUT2D eigenvalue weighted by Crippen LogP contribution is 2.57. The van der Waals surface area contributed by atoms with Crippen molar-refractivity contribution in [1.82, 2.24) is 5.32 Å². The molecule has 3 heterocycles. The highest BCUT2D eigenvalue weighted by molar-refractivity contribution is 5.93. The maximum absolute atomic E-state index is 11.9. The first-order valence-electron chi connectivity index (χ1n) is 5.62. The third-order valence-electron chi connectivity index (χ3n) is 4.26. The number of carbonyl (C=O) groups is 2. The summed E-state index contributed by atoms with van der Waals surface area (Å²) in [5.74, 6) is -0.721. The first-order chi connectivity index (χ1) is 7.41. The molecule has 1 amide bonds. The number of ketones is 1. The summed E-state index contributed by atoms with van der Waals surface area (Å²) in [5.41, 5.74) is -1.19. The Bertz CT molecular complexity index is 430. The van der Waals surface area contributed by atoms with Crippen LogP contribution in [0.25, 0.3) is 0 Å². The van der Waals surface area contributed by atoms with Crippen molar-refractivity contribution in [3.8, 4) is 0 Å². The van der Waals surface area contributed by atoms with Crippen molar-refractivity contribution < 1.29 is 14.3 Å². The fourth-order valence-electron chi connectivity index (χ4n) is 3.58. The van der Waals surface area contributed by atoms with Crippen molar-refractivity contribution in [3.05, 3.63) is 12.2 Å². The minimum atomic E-state index is -0.595. The van der Waals surface area contributed by atoms with Gasteiger partial charge in [-0.15, -0.1) is 0 Å². The van der Waals surface area contributed by atoms with E-state index < -0.39 is 11.2 Å². The molecule has 2 bridgehead atoms. The SMILES string of the molecule is CC(=O)[C@@H]1[C@H]2C(=O)N[C@H](C)[C@@]23C=C[C@@]1(C)O3. The van der Waals surface area contributed by atoms with Crippen LogP contribution in [-0.2, 0) is 14.3 Å². The van der Waals surface area contributed by atoms with Crippen LogP contribution in [0.5, 0.6) is 0 Å². The van der Waals surface area contributed by atoms with E-state index in [9.17, 15) is 9.59 Å². The summed E-state index contributed by atoms with van der Waals surface area (Å²) in [7, 11) is 0. The van der Waals surface area contributed by atoms with Gasteiger partial charge in [0.05, 0.1) is 23.5 Å². The third-order valence-corrected chi connectivity index (χ3v) is 4.26. The maximum atomic E-state index is 11.9. The Hall–Kier alpha value is -1.16. The van der Waals surface area contributed by atoms with Crippen molar-refractivity contribution in [1.29, 1.82) is 0 Å². The molecule has 2 fully saturated rings. The van der Waals surface area contributed by atoms with Crippen LogP contribution in [0.1, 0.15) is 20.8 Å². The number of ether oxygens (including phenoxy) is 1. The lowest BCUT2D eigenvalue weighted by Gasteiger charge is -2.26.